The Bertz CT molecular complexity index is 619. The number of fused-ring (bicyclic) bond motifs is 1. The van der Waals surface area contributed by atoms with Gasteiger partial charge in [-0.05, 0) is 40.5 Å². The Morgan fingerprint density at radius 2 is 2.13 bits per heavy atom. The van der Waals surface area contributed by atoms with Crippen molar-refractivity contribution < 1.29 is 14.3 Å². The molecule has 0 spiro atoms. The van der Waals surface area contributed by atoms with E-state index < -0.39 is 17.7 Å². The largest absolute Gasteiger partial charge is 0.444 e. The van der Waals surface area contributed by atoms with Crippen LogP contribution in [0.3, 0.4) is 0 Å². The first-order valence-electron chi connectivity index (χ1n) is 8.09. The maximum Gasteiger partial charge on any atom is 0.410 e. The molecule has 23 heavy (non-hydrogen) atoms. The van der Waals surface area contributed by atoms with E-state index in [0.717, 1.165) is 12.2 Å². The van der Waals surface area contributed by atoms with E-state index >= 15 is 0 Å². The van der Waals surface area contributed by atoms with E-state index in [2.05, 4.69) is 21.8 Å². The third-order valence-corrected chi connectivity index (χ3v) is 4.33. The van der Waals surface area contributed by atoms with Gasteiger partial charge in [0.25, 0.3) is 0 Å². The van der Waals surface area contributed by atoms with Crippen molar-refractivity contribution in [3.05, 3.63) is 18.2 Å². The zero-order chi connectivity index (χ0) is 16.8. The van der Waals surface area contributed by atoms with Crippen LogP contribution in [0.4, 0.5) is 4.79 Å². The number of hydrogen-bond donors (Lipinski definition) is 1. The summed E-state index contributed by atoms with van der Waals surface area (Å²) in [5.74, 6) is 0.754. The predicted octanol–water partition coefficient (Wildman–Crippen LogP) is 2.01. The first-order chi connectivity index (χ1) is 10.8. The summed E-state index contributed by atoms with van der Waals surface area (Å²) >= 11 is 0. The fourth-order valence-corrected chi connectivity index (χ4v) is 3.12. The van der Waals surface area contributed by atoms with Gasteiger partial charge in [-0.15, -0.1) is 0 Å². The SMILES string of the molecule is C[C@H]1C[C@@H](NC(=O)[C@H]2CCN2C(=O)OC(C)(C)C)c2nccn21. The van der Waals surface area contributed by atoms with E-state index in [4.69, 9.17) is 4.74 Å². The van der Waals surface area contributed by atoms with Crippen molar-refractivity contribution in [1.82, 2.24) is 19.8 Å². The van der Waals surface area contributed by atoms with Crippen LogP contribution in [-0.2, 0) is 9.53 Å². The Hall–Kier alpha value is -2.05. The van der Waals surface area contributed by atoms with Gasteiger partial charge in [0, 0.05) is 25.0 Å². The number of ether oxygens (including phenoxy) is 1. The zero-order valence-electron chi connectivity index (χ0n) is 14.1. The molecule has 0 saturated carbocycles. The second-order valence-corrected chi connectivity index (χ2v) is 7.32. The molecular weight excluding hydrogens is 296 g/mol. The van der Waals surface area contributed by atoms with Gasteiger partial charge in [0.15, 0.2) is 0 Å². The molecule has 7 nitrogen and oxygen atoms in total. The van der Waals surface area contributed by atoms with E-state index in [-0.39, 0.29) is 11.9 Å². The van der Waals surface area contributed by atoms with Gasteiger partial charge < -0.3 is 14.6 Å². The van der Waals surface area contributed by atoms with Crippen molar-refractivity contribution in [1.29, 1.82) is 0 Å². The second kappa shape index (κ2) is 5.54. The normalized spacial score (nSPS) is 26.4. The number of rotatable bonds is 2. The molecular formula is C16H24N4O3. The molecule has 3 atom stereocenters. The summed E-state index contributed by atoms with van der Waals surface area (Å²) in [5, 5.41) is 3.03. The number of amides is 2. The first-order valence-corrected chi connectivity index (χ1v) is 8.09. The Morgan fingerprint density at radius 1 is 1.39 bits per heavy atom. The summed E-state index contributed by atoms with van der Waals surface area (Å²) in [4.78, 5) is 30.4. The molecule has 0 aliphatic carbocycles. The Labute approximate surface area is 136 Å². The van der Waals surface area contributed by atoms with E-state index in [1.165, 1.54) is 4.90 Å². The highest BCUT2D eigenvalue weighted by molar-refractivity contribution is 5.87. The van der Waals surface area contributed by atoms with Gasteiger partial charge in [0.2, 0.25) is 5.91 Å². The Morgan fingerprint density at radius 3 is 2.74 bits per heavy atom. The summed E-state index contributed by atoms with van der Waals surface area (Å²) in [7, 11) is 0. The predicted molar refractivity (Wildman–Crippen MR) is 83.8 cm³/mol. The first kappa shape index (κ1) is 15.8. The van der Waals surface area contributed by atoms with Crippen molar-refractivity contribution in [2.24, 2.45) is 0 Å². The highest BCUT2D eigenvalue weighted by Crippen LogP contribution is 2.33. The molecule has 1 N–H and O–H groups in total. The van der Waals surface area contributed by atoms with Crippen LogP contribution in [-0.4, -0.2) is 44.6 Å². The van der Waals surface area contributed by atoms with Gasteiger partial charge in [0.1, 0.15) is 17.5 Å². The van der Waals surface area contributed by atoms with Crippen LogP contribution < -0.4 is 5.32 Å². The second-order valence-electron chi connectivity index (χ2n) is 7.32. The lowest BCUT2D eigenvalue weighted by atomic mass is 10.0. The molecule has 1 aromatic heterocycles. The molecule has 2 amide bonds. The number of likely N-dealkylation sites (tertiary alicyclic amines) is 1. The molecule has 3 heterocycles. The third kappa shape index (κ3) is 3.04. The molecule has 1 aromatic rings. The van der Waals surface area contributed by atoms with Crippen molar-refractivity contribution in [3.8, 4) is 0 Å². The molecule has 0 radical (unpaired) electrons. The van der Waals surface area contributed by atoms with E-state index in [1.54, 1.807) is 6.20 Å². The van der Waals surface area contributed by atoms with E-state index in [9.17, 15) is 9.59 Å². The molecule has 2 aliphatic heterocycles. The molecule has 126 valence electrons. The highest BCUT2D eigenvalue weighted by Gasteiger charge is 2.41. The van der Waals surface area contributed by atoms with Crippen molar-refractivity contribution in [2.45, 2.75) is 64.3 Å². The molecule has 0 unspecified atom stereocenters. The van der Waals surface area contributed by atoms with Crippen LogP contribution in [0.5, 0.6) is 0 Å². The quantitative estimate of drug-likeness (QED) is 0.904. The van der Waals surface area contributed by atoms with Crippen molar-refractivity contribution in [2.75, 3.05) is 6.54 Å². The summed E-state index contributed by atoms with van der Waals surface area (Å²) in [5.41, 5.74) is -0.556. The van der Waals surface area contributed by atoms with Gasteiger partial charge in [-0.25, -0.2) is 9.78 Å². The fraction of sp³-hybridized carbons (Fsp3) is 0.688. The molecule has 3 rings (SSSR count). The monoisotopic (exact) mass is 320 g/mol. The van der Waals surface area contributed by atoms with Gasteiger partial charge in [0.05, 0.1) is 6.04 Å². The number of hydrogen-bond acceptors (Lipinski definition) is 4. The maximum absolute atomic E-state index is 12.5. The number of aromatic nitrogens is 2. The number of nitrogens with zero attached hydrogens (tertiary/aromatic N) is 3. The van der Waals surface area contributed by atoms with Gasteiger partial charge >= 0.3 is 6.09 Å². The maximum atomic E-state index is 12.5. The number of imidazole rings is 1. The summed E-state index contributed by atoms with van der Waals surface area (Å²) in [6, 6.07) is -0.209. The van der Waals surface area contributed by atoms with Crippen molar-refractivity contribution in [3.63, 3.8) is 0 Å². The van der Waals surface area contributed by atoms with Gasteiger partial charge in [-0.1, -0.05) is 0 Å². The lowest BCUT2D eigenvalue weighted by Crippen LogP contribution is -2.59. The molecule has 1 fully saturated rings. The molecule has 0 bridgehead atoms. The third-order valence-electron chi connectivity index (χ3n) is 4.33. The molecule has 2 aliphatic rings. The standard InChI is InChI=1S/C16H24N4O3/c1-10-9-11(13-17-6-8-19(10)13)18-14(21)12-5-7-20(12)15(22)23-16(2,3)4/h6,8,10-12H,5,7,9H2,1-4H3,(H,18,21)/t10-,11+,12+/m0/s1. The highest BCUT2D eigenvalue weighted by atomic mass is 16.6. The van der Waals surface area contributed by atoms with Crippen LogP contribution in [0.15, 0.2) is 12.4 Å². The average Bonchev–Trinajstić information content (AvgIpc) is 2.91. The number of carbonyl (C=O) groups is 2. The lowest BCUT2D eigenvalue weighted by molar-refractivity contribution is -0.131. The number of carbonyl (C=O) groups excluding carboxylic acids is 2. The minimum atomic E-state index is -0.556. The van der Waals surface area contributed by atoms with E-state index in [0.29, 0.717) is 19.0 Å². The van der Waals surface area contributed by atoms with Crippen molar-refractivity contribution >= 4 is 12.0 Å². The Kier molecular flexibility index (Phi) is 3.82. The Balaban J connectivity index is 1.60. The molecule has 7 heteroatoms. The molecule has 1 saturated heterocycles. The summed E-state index contributed by atoms with van der Waals surface area (Å²) in [6.07, 6.45) is 4.75. The van der Waals surface area contributed by atoms with Crippen LogP contribution in [0.1, 0.15) is 58.4 Å². The smallest absolute Gasteiger partial charge is 0.410 e. The minimum Gasteiger partial charge on any atom is -0.444 e. The van der Waals surface area contributed by atoms with E-state index in [1.807, 2.05) is 27.0 Å². The lowest BCUT2D eigenvalue weighted by Gasteiger charge is -2.40. The minimum absolute atomic E-state index is 0.0893. The van der Waals surface area contributed by atoms with Crippen LogP contribution in [0.2, 0.25) is 0 Å². The van der Waals surface area contributed by atoms with Crippen LogP contribution in [0.25, 0.3) is 0 Å². The van der Waals surface area contributed by atoms with Crippen LogP contribution in [0, 0.1) is 0 Å². The topological polar surface area (TPSA) is 76.5 Å². The molecule has 0 aromatic carbocycles. The fourth-order valence-electron chi connectivity index (χ4n) is 3.12. The summed E-state index contributed by atoms with van der Waals surface area (Å²) in [6.45, 7) is 8.12. The zero-order valence-corrected chi connectivity index (χ0v) is 14.1. The average molecular weight is 320 g/mol. The number of nitrogens with one attached hydrogen (secondary N) is 1. The van der Waals surface area contributed by atoms with Gasteiger partial charge in [-0.2, -0.15) is 0 Å². The van der Waals surface area contributed by atoms with Crippen LogP contribution >= 0.6 is 0 Å². The van der Waals surface area contributed by atoms with Gasteiger partial charge in [-0.3, -0.25) is 9.69 Å². The summed E-state index contributed by atoms with van der Waals surface area (Å²) < 4.78 is 7.42.